The molecule has 2 saturated heterocycles. The number of carbonyl (C=O) groups excluding carboxylic acids is 1. The zero-order chi connectivity index (χ0) is 14.1. The zero-order valence-electron chi connectivity index (χ0n) is 10.9. The van der Waals surface area contributed by atoms with Gasteiger partial charge in [-0.25, -0.2) is 4.98 Å². The van der Waals surface area contributed by atoms with Crippen LogP contribution in [0.1, 0.15) is 0 Å². The van der Waals surface area contributed by atoms with Crippen molar-refractivity contribution < 1.29 is 9.53 Å². The summed E-state index contributed by atoms with van der Waals surface area (Å²) in [4.78, 5) is 20.4. The molecule has 5 nitrogen and oxygen atoms in total. The summed E-state index contributed by atoms with van der Waals surface area (Å²) >= 11 is 11.9. The second-order valence-corrected chi connectivity index (χ2v) is 5.84. The van der Waals surface area contributed by atoms with Gasteiger partial charge in [0.25, 0.3) is 0 Å². The molecule has 1 aromatic heterocycles. The van der Waals surface area contributed by atoms with E-state index in [0.717, 1.165) is 0 Å². The molecular formula is C13H15Cl2N3O2. The van der Waals surface area contributed by atoms with E-state index in [9.17, 15) is 4.79 Å². The molecule has 20 heavy (non-hydrogen) atoms. The summed E-state index contributed by atoms with van der Waals surface area (Å²) in [7, 11) is 0. The average Bonchev–Trinajstić information content (AvgIpc) is 2.40. The number of pyridine rings is 1. The molecule has 0 aromatic carbocycles. The Morgan fingerprint density at radius 1 is 1.30 bits per heavy atom. The molecule has 3 rings (SSSR count). The lowest BCUT2D eigenvalue weighted by Gasteiger charge is -2.42. The fourth-order valence-corrected chi connectivity index (χ4v) is 2.99. The van der Waals surface area contributed by atoms with Crippen LogP contribution >= 0.6 is 23.2 Å². The normalized spacial score (nSPS) is 19.9. The van der Waals surface area contributed by atoms with E-state index in [-0.39, 0.29) is 11.8 Å². The van der Waals surface area contributed by atoms with Crippen molar-refractivity contribution in [2.24, 2.45) is 5.92 Å². The predicted octanol–water partition coefficient (Wildman–Crippen LogP) is 1.68. The van der Waals surface area contributed by atoms with Gasteiger partial charge in [0.2, 0.25) is 5.91 Å². The highest BCUT2D eigenvalue weighted by molar-refractivity contribution is 6.36. The van der Waals surface area contributed by atoms with E-state index in [4.69, 9.17) is 27.9 Å². The lowest BCUT2D eigenvalue weighted by molar-refractivity contribution is -0.140. The standard InChI is InChI=1S/C13H15Cl2N3O2/c14-10-5-11(15)12(16-6-10)18-7-9(8-18)13(19)17-1-3-20-4-2-17/h5-6,9H,1-4,7-8H2. The van der Waals surface area contributed by atoms with E-state index in [0.29, 0.717) is 55.3 Å². The van der Waals surface area contributed by atoms with Gasteiger partial charge in [0.15, 0.2) is 0 Å². The number of halogens is 2. The Labute approximate surface area is 127 Å². The summed E-state index contributed by atoms with van der Waals surface area (Å²) in [5, 5.41) is 1.04. The summed E-state index contributed by atoms with van der Waals surface area (Å²) < 4.78 is 5.25. The monoisotopic (exact) mass is 315 g/mol. The number of amides is 1. The van der Waals surface area contributed by atoms with E-state index < -0.39 is 0 Å². The summed E-state index contributed by atoms with van der Waals surface area (Å²) in [6.45, 7) is 3.96. The second kappa shape index (κ2) is 5.76. The van der Waals surface area contributed by atoms with Crippen LogP contribution in [0.25, 0.3) is 0 Å². The van der Waals surface area contributed by atoms with Crippen LogP contribution in [0.4, 0.5) is 5.82 Å². The van der Waals surface area contributed by atoms with Crippen LogP contribution in [0.3, 0.4) is 0 Å². The number of carbonyl (C=O) groups is 1. The maximum absolute atomic E-state index is 12.3. The van der Waals surface area contributed by atoms with Gasteiger partial charge in [-0.15, -0.1) is 0 Å². The quantitative estimate of drug-likeness (QED) is 0.833. The molecule has 1 amide bonds. The lowest BCUT2D eigenvalue weighted by atomic mass is 9.98. The maximum atomic E-state index is 12.3. The molecule has 7 heteroatoms. The summed E-state index contributed by atoms with van der Waals surface area (Å²) in [5.41, 5.74) is 0. The third-order valence-electron chi connectivity index (χ3n) is 3.64. The smallest absolute Gasteiger partial charge is 0.229 e. The Bertz CT molecular complexity index is 514. The van der Waals surface area contributed by atoms with Crippen LogP contribution in [0.2, 0.25) is 10.0 Å². The Kier molecular flexibility index (Phi) is 4.01. The van der Waals surface area contributed by atoms with Gasteiger partial charge in [-0.3, -0.25) is 4.79 Å². The topological polar surface area (TPSA) is 45.7 Å². The second-order valence-electron chi connectivity index (χ2n) is 5.00. The van der Waals surface area contributed by atoms with Crippen molar-refractivity contribution in [3.8, 4) is 0 Å². The van der Waals surface area contributed by atoms with Crippen LogP contribution in [0, 0.1) is 5.92 Å². The first-order chi connectivity index (χ1) is 9.65. The molecule has 0 unspecified atom stereocenters. The Morgan fingerprint density at radius 3 is 2.65 bits per heavy atom. The van der Waals surface area contributed by atoms with Crippen molar-refractivity contribution in [2.45, 2.75) is 0 Å². The van der Waals surface area contributed by atoms with Gasteiger partial charge in [-0.2, -0.15) is 0 Å². The molecule has 0 saturated carbocycles. The minimum Gasteiger partial charge on any atom is -0.378 e. The number of morpholine rings is 1. The molecular weight excluding hydrogens is 301 g/mol. The highest BCUT2D eigenvalue weighted by Crippen LogP contribution is 2.31. The van der Waals surface area contributed by atoms with Crippen LogP contribution in [-0.4, -0.2) is 55.2 Å². The van der Waals surface area contributed by atoms with Crippen LogP contribution < -0.4 is 4.90 Å². The van der Waals surface area contributed by atoms with Gasteiger partial charge in [-0.05, 0) is 6.07 Å². The third-order valence-corrected chi connectivity index (χ3v) is 4.13. The first kappa shape index (κ1) is 13.9. The van der Waals surface area contributed by atoms with Crippen molar-refractivity contribution in [2.75, 3.05) is 44.3 Å². The molecule has 0 bridgehead atoms. The fraction of sp³-hybridized carbons (Fsp3) is 0.538. The molecule has 0 atom stereocenters. The largest absolute Gasteiger partial charge is 0.378 e. The van der Waals surface area contributed by atoms with E-state index >= 15 is 0 Å². The fourth-order valence-electron chi connectivity index (χ4n) is 2.49. The van der Waals surface area contributed by atoms with Gasteiger partial charge in [0, 0.05) is 32.4 Å². The first-order valence-electron chi connectivity index (χ1n) is 6.57. The Morgan fingerprint density at radius 2 is 2.00 bits per heavy atom. The Hall–Kier alpha value is -1.04. The number of hydrogen-bond donors (Lipinski definition) is 0. The molecule has 0 N–H and O–H groups in total. The Balaban J connectivity index is 1.59. The van der Waals surface area contributed by atoms with Crippen molar-refractivity contribution >= 4 is 34.9 Å². The number of aromatic nitrogens is 1. The van der Waals surface area contributed by atoms with E-state index in [1.54, 1.807) is 12.3 Å². The number of anilines is 1. The molecule has 2 aliphatic rings. The minimum atomic E-state index is 0.0293. The molecule has 2 aliphatic heterocycles. The third kappa shape index (κ3) is 2.71. The van der Waals surface area contributed by atoms with E-state index in [2.05, 4.69) is 4.98 Å². The SMILES string of the molecule is O=C(C1CN(c2ncc(Cl)cc2Cl)C1)N1CCOCC1. The molecule has 0 radical (unpaired) electrons. The summed E-state index contributed by atoms with van der Waals surface area (Å²) in [5.74, 6) is 0.929. The van der Waals surface area contributed by atoms with E-state index in [1.807, 2.05) is 9.80 Å². The number of rotatable bonds is 2. The zero-order valence-corrected chi connectivity index (χ0v) is 12.4. The van der Waals surface area contributed by atoms with E-state index in [1.165, 1.54) is 0 Å². The van der Waals surface area contributed by atoms with Gasteiger partial charge in [0.1, 0.15) is 5.82 Å². The minimum absolute atomic E-state index is 0.0293. The molecule has 108 valence electrons. The van der Waals surface area contributed by atoms with Gasteiger partial charge in [0.05, 0.1) is 29.2 Å². The first-order valence-corrected chi connectivity index (χ1v) is 7.33. The van der Waals surface area contributed by atoms with Crippen LogP contribution in [-0.2, 0) is 9.53 Å². The number of hydrogen-bond acceptors (Lipinski definition) is 4. The van der Waals surface area contributed by atoms with Gasteiger partial charge >= 0.3 is 0 Å². The molecule has 3 heterocycles. The van der Waals surface area contributed by atoms with Gasteiger partial charge in [-0.1, -0.05) is 23.2 Å². The number of ether oxygens (including phenoxy) is 1. The van der Waals surface area contributed by atoms with Crippen molar-refractivity contribution in [3.05, 3.63) is 22.3 Å². The van der Waals surface area contributed by atoms with Crippen molar-refractivity contribution in [1.29, 1.82) is 0 Å². The van der Waals surface area contributed by atoms with Gasteiger partial charge < -0.3 is 14.5 Å². The highest BCUT2D eigenvalue weighted by Gasteiger charge is 2.37. The maximum Gasteiger partial charge on any atom is 0.229 e. The molecule has 0 spiro atoms. The number of nitrogens with zero attached hydrogens (tertiary/aromatic N) is 3. The molecule has 0 aliphatic carbocycles. The predicted molar refractivity (Wildman–Crippen MR) is 77.4 cm³/mol. The van der Waals surface area contributed by atoms with Crippen LogP contribution in [0.15, 0.2) is 12.3 Å². The average molecular weight is 316 g/mol. The lowest BCUT2D eigenvalue weighted by Crippen LogP contribution is -2.56. The molecule has 2 fully saturated rings. The van der Waals surface area contributed by atoms with Crippen molar-refractivity contribution in [1.82, 2.24) is 9.88 Å². The summed E-state index contributed by atoms with van der Waals surface area (Å²) in [6, 6.07) is 1.67. The molecule has 1 aromatic rings. The highest BCUT2D eigenvalue weighted by atomic mass is 35.5. The summed E-state index contributed by atoms with van der Waals surface area (Å²) in [6.07, 6.45) is 1.57. The van der Waals surface area contributed by atoms with Crippen molar-refractivity contribution in [3.63, 3.8) is 0 Å². The van der Waals surface area contributed by atoms with Crippen LogP contribution in [0.5, 0.6) is 0 Å².